The fraction of sp³-hybridized carbons (Fsp3) is 0.920. The molecule has 0 aromatic rings. The van der Waals surface area contributed by atoms with E-state index in [1.807, 2.05) is 0 Å². The average Bonchev–Trinajstić information content (AvgIpc) is 3.06. The summed E-state index contributed by atoms with van der Waals surface area (Å²) in [6.45, 7) is 6.74. The second kappa shape index (κ2) is 7.88. The molecule has 0 heterocycles. The monoisotopic (exact) mass is 420 g/mol. The van der Waals surface area contributed by atoms with Crippen LogP contribution >= 0.6 is 0 Å². The lowest BCUT2D eigenvalue weighted by Gasteiger charge is -2.61. The van der Waals surface area contributed by atoms with Crippen molar-refractivity contribution in [2.45, 2.75) is 90.8 Å². The first-order valence-corrected chi connectivity index (χ1v) is 12.1. The molecule has 4 rings (SSSR count). The summed E-state index contributed by atoms with van der Waals surface area (Å²) >= 11 is 0. The zero-order valence-corrected chi connectivity index (χ0v) is 19.1. The van der Waals surface area contributed by atoms with Crippen LogP contribution < -0.4 is 0 Å². The summed E-state index contributed by atoms with van der Waals surface area (Å²) in [5, 5.41) is 21.7. The van der Waals surface area contributed by atoms with Crippen molar-refractivity contribution >= 4 is 11.8 Å². The fourth-order valence-corrected chi connectivity index (χ4v) is 8.49. The van der Waals surface area contributed by atoms with E-state index in [1.54, 1.807) is 0 Å². The quantitative estimate of drug-likeness (QED) is 0.677. The molecule has 5 heteroatoms. The molecule has 0 bridgehead atoms. The zero-order chi connectivity index (χ0) is 21.8. The minimum absolute atomic E-state index is 0.0488. The molecule has 2 N–H and O–H groups in total. The second-order valence-electron chi connectivity index (χ2n) is 11.4. The number of ether oxygens (including phenoxy) is 1. The Labute approximate surface area is 180 Å². The van der Waals surface area contributed by atoms with Crippen LogP contribution in [0.5, 0.6) is 0 Å². The number of fused-ring (bicyclic) bond motifs is 5. The fourth-order valence-electron chi connectivity index (χ4n) is 8.49. The highest BCUT2D eigenvalue weighted by atomic mass is 16.5. The SMILES string of the molecule is COC(=O)CC[C@H](C)[C@H]1CC[C@H]2[C@H]3C(=O)C[C@@H]4C[C@H](O)CC[C@]4(C)[C@@H]3C[C@H](O)[C@]12C. The average molecular weight is 421 g/mol. The van der Waals surface area contributed by atoms with Crippen molar-refractivity contribution in [1.82, 2.24) is 0 Å². The number of methoxy groups -OCH3 is 1. The molecule has 10 atom stereocenters. The maximum atomic E-state index is 13.4. The maximum Gasteiger partial charge on any atom is 0.305 e. The van der Waals surface area contributed by atoms with Crippen LogP contribution in [0.2, 0.25) is 0 Å². The molecule has 0 aromatic carbocycles. The predicted octanol–water partition coefficient (Wildman–Crippen LogP) is 3.75. The number of carbonyl (C=O) groups excluding carboxylic acids is 2. The van der Waals surface area contributed by atoms with Gasteiger partial charge in [-0.05, 0) is 80.0 Å². The van der Waals surface area contributed by atoms with Gasteiger partial charge in [0.25, 0.3) is 0 Å². The van der Waals surface area contributed by atoms with Gasteiger partial charge in [0.05, 0.1) is 19.3 Å². The van der Waals surface area contributed by atoms with Crippen molar-refractivity contribution in [3.05, 3.63) is 0 Å². The molecular weight excluding hydrogens is 380 g/mol. The van der Waals surface area contributed by atoms with Crippen LogP contribution in [0.4, 0.5) is 0 Å². The number of Topliss-reactive ketones (excluding diaryl/α,β-unsaturated/α-hetero) is 1. The Morgan fingerprint density at radius 3 is 2.60 bits per heavy atom. The number of aliphatic hydroxyl groups excluding tert-OH is 2. The van der Waals surface area contributed by atoms with Crippen molar-refractivity contribution in [2.24, 2.45) is 46.3 Å². The van der Waals surface area contributed by atoms with Gasteiger partial charge in [-0.15, -0.1) is 0 Å². The van der Waals surface area contributed by atoms with Crippen LogP contribution in [0.25, 0.3) is 0 Å². The molecular formula is C25H40O5. The van der Waals surface area contributed by atoms with E-state index in [2.05, 4.69) is 20.8 Å². The lowest BCUT2D eigenvalue weighted by atomic mass is 9.43. The minimum atomic E-state index is -0.410. The first-order valence-electron chi connectivity index (χ1n) is 12.1. The molecule has 0 radical (unpaired) electrons. The molecule has 0 spiro atoms. The van der Waals surface area contributed by atoms with Crippen molar-refractivity contribution in [3.8, 4) is 0 Å². The maximum absolute atomic E-state index is 13.4. The van der Waals surface area contributed by atoms with Gasteiger partial charge in [-0.2, -0.15) is 0 Å². The lowest BCUT2D eigenvalue weighted by Crippen LogP contribution is -2.61. The number of carbonyl (C=O) groups is 2. The van der Waals surface area contributed by atoms with Gasteiger partial charge < -0.3 is 14.9 Å². The summed E-state index contributed by atoms with van der Waals surface area (Å²) in [6, 6.07) is 0. The molecule has 5 nitrogen and oxygen atoms in total. The van der Waals surface area contributed by atoms with Gasteiger partial charge in [0, 0.05) is 24.2 Å². The van der Waals surface area contributed by atoms with Crippen LogP contribution in [0, 0.1) is 46.3 Å². The number of hydrogen-bond acceptors (Lipinski definition) is 5. The van der Waals surface area contributed by atoms with Crippen LogP contribution in [-0.4, -0.2) is 41.3 Å². The van der Waals surface area contributed by atoms with Crippen molar-refractivity contribution in [2.75, 3.05) is 7.11 Å². The zero-order valence-electron chi connectivity index (χ0n) is 19.1. The number of rotatable bonds is 4. The summed E-state index contributed by atoms with van der Waals surface area (Å²) in [6.07, 6.45) is 6.32. The Morgan fingerprint density at radius 2 is 1.90 bits per heavy atom. The van der Waals surface area contributed by atoms with E-state index >= 15 is 0 Å². The van der Waals surface area contributed by atoms with Gasteiger partial charge in [-0.3, -0.25) is 9.59 Å². The Kier molecular flexibility index (Phi) is 5.85. The van der Waals surface area contributed by atoms with Crippen LogP contribution in [0.15, 0.2) is 0 Å². The first kappa shape index (κ1) is 22.3. The highest BCUT2D eigenvalue weighted by Crippen LogP contribution is 2.67. The highest BCUT2D eigenvalue weighted by molar-refractivity contribution is 5.83. The van der Waals surface area contributed by atoms with Crippen molar-refractivity contribution in [3.63, 3.8) is 0 Å². The van der Waals surface area contributed by atoms with Gasteiger partial charge in [-0.25, -0.2) is 0 Å². The van der Waals surface area contributed by atoms with E-state index in [1.165, 1.54) is 7.11 Å². The molecule has 30 heavy (non-hydrogen) atoms. The largest absolute Gasteiger partial charge is 0.469 e. The molecule has 0 aromatic heterocycles. The van der Waals surface area contributed by atoms with Gasteiger partial charge in [0.2, 0.25) is 0 Å². The van der Waals surface area contributed by atoms with Crippen LogP contribution in [0.1, 0.15) is 78.6 Å². The number of ketones is 1. The molecule has 4 fully saturated rings. The Bertz CT molecular complexity index is 691. The molecule has 4 aliphatic rings. The van der Waals surface area contributed by atoms with Crippen LogP contribution in [-0.2, 0) is 14.3 Å². The molecule has 4 aliphatic carbocycles. The van der Waals surface area contributed by atoms with E-state index in [9.17, 15) is 19.8 Å². The van der Waals surface area contributed by atoms with Gasteiger partial charge in [0.15, 0.2) is 0 Å². The summed E-state index contributed by atoms with van der Waals surface area (Å²) in [5.74, 6) is 1.61. The molecule has 0 unspecified atom stereocenters. The van der Waals surface area contributed by atoms with Gasteiger partial charge >= 0.3 is 5.97 Å². The third-order valence-electron chi connectivity index (χ3n) is 10.3. The van der Waals surface area contributed by atoms with E-state index in [4.69, 9.17) is 4.74 Å². The number of esters is 1. The summed E-state index contributed by atoms with van der Waals surface area (Å²) < 4.78 is 4.82. The summed E-state index contributed by atoms with van der Waals surface area (Å²) in [4.78, 5) is 25.1. The normalized spacial score (nSPS) is 49.0. The predicted molar refractivity (Wildman–Crippen MR) is 113 cm³/mol. The molecule has 0 saturated heterocycles. The third kappa shape index (κ3) is 3.26. The standard InChI is InChI=1S/C25H40O5/c1-14(5-8-22(29)30-4)17-6-7-18-23-19(13-21(28)25(17,18)3)24(2)10-9-16(26)11-15(24)12-20(23)27/h14-19,21,23,26,28H,5-13H2,1-4H3/t14-,15-,16+,17+,18-,19+,21-,23+,24-,25+/m0/s1. The van der Waals surface area contributed by atoms with E-state index < -0.39 is 6.10 Å². The van der Waals surface area contributed by atoms with E-state index in [0.29, 0.717) is 36.9 Å². The topological polar surface area (TPSA) is 83.8 Å². The number of hydrogen-bond donors (Lipinski definition) is 2. The van der Waals surface area contributed by atoms with Gasteiger partial charge in [-0.1, -0.05) is 20.8 Å². The van der Waals surface area contributed by atoms with E-state index in [-0.39, 0.29) is 46.6 Å². The Hall–Kier alpha value is -0.940. The third-order valence-corrected chi connectivity index (χ3v) is 10.3. The Balaban J connectivity index is 1.59. The van der Waals surface area contributed by atoms with Crippen molar-refractivity contribution in [1.29, 1.82) is 0 Å². The van der Waals surface area contributed by atoms with Crippen molar-refractivity contribution < 1.29 is 24.5 Å². The lowest BCUT2D eigenvalue weighted by molar-refractivity contribution is -0.182. The van der Waals surface area contributed by atoms with E-state index in [0.717, 1.165) is 38.5 Å². The molecule has 0 aliphatic heterocycles. The summed E-state index contributed by atoms with van der Waals surface area (Å²) in [7, 11) is 1.43. The first-order chi connectivity index (χ1) is 14.1. The molecule has 4 saturated carbocycles. The summed E-state index contributed by atoms with van der Waals surface area (Å²) in [5.41, 5.74) is -0.210. The van der Waals surface area contributed by atoms with Gasteiger partial charge in [0.1, 0.15) is 5.78 Å². The highest BCUT2D eigenvalue weighted by Gasteiger charge is 2.65. The number of aliphatic hydroxyl groups is 2. The Morgan fingerprint density at radius 1 is 1.17 bits per heavy atom. The minimum Gasteiger partial charge on any atom is -0.469 e. The smallest absolute Gasteiger partial charge is 0.305 e. The molecule has 170 valence electrons. The molecule has 0 amide bonds. The van der Waals surface area contributed by atoms with Crippen LogP contribution in [0.3, 0.4) is 0 Å². The second-order valence-corrected chi connectivity index (χ2v) is 11.4.